The molecular formula is C17H25NO4. The molecule has 0 aliphatic heterocycles. The fraction of sp³-hybridized carbons (Fsp3) is 0.529. The first-order valence-electron chi connectivity index (χ1n) is 7.68. The molecule has 0 aromatic heterocycles. The lowest BCUT2D eigenvalue weighted by molar-refractivity contribution is -0.116. The molecule has 0 spiro atoms. The van der Waals surface area contributed by atoms with Crippen molar-refractivity contribution in [3.8, 4) is 5.75 Å². The molecule has 0 fully saturated rings. The number of nitrogens with one attached hydrogen (secondary N) is 1. The zero-order valence-corrected chi connectivity index (χ0v) is 13.6. The van der Waals surface area contributed by atoms with E-state index in [1.807, 2.05) is 0 Å². The van der Waals surface area contributed by atoms with E-state index in [0.717, 1.165) is 19.3 Å². The summed E-state index contributed by atoms with van der Waals surface area (Å²) in [7, 11) is 2.83. The van der Waals surface area contributed by atoms with Gasteiger partial charge in [-0.3, -0.25) is 4.79 Å². The van der Waals surface area contributed by atoms with Gasteiger partial charge in [-0.05, 0) is 24.6 Å². The van der Waals surface area contributed by atoms with Crippen molar-refractivity contribution >= 4 is 17.6 Å². The summed E-state index contributed by atoms with van der Waals surface area (Å²) >= 11 is 0. The van der Waals surface area contributed by atoms with E-state index in [1.54, 1.807) is 18.2 Å². The van der Waals surface area contributed by atoms with Crippen molar-refractivity contribution in [2.75, 3.05) is 19.5 Å². The molecule has 5 heteroatoms. The van der Waals surface area contributed by atoms with Crippen molar-refractivity contribution in [2.45, 2.75) is 45.4 Å². The predicted octanol–water partition coefficient (Wildman–Crippen LogP) is 3.78. The maximum Gasteiger partial charge on any atom is 0.340 e. The van der Waals surface area contributed by atoms with Crippen LogP contribution in [0.2, 0.25) is 0 Å². The number of ether oxygens (including phenoxy) is 2. The normalized spacial score (nSPS) is 10.1. The number of benzene rings is 1. The molecule has 0 aliphatic carbocycles. The fourth-order valence-corrected chi connectivity index (χ4v) is 2.14. The lowest BCUT2D eigenvalue weighted by atomic mass is 10.1. The minimum absolute atomic E-state index is 0.0909. The van der Waals surface area contributed by atoms with Gasteiger partial charge in [-0.2, -0.15) is 0 Å². The smallest absolute Gasteiger partial charge is 0.340 e. The highest BCUT2D eigenvalue weighted by Gasteiger charge is 2.15. The minimum Gasteiger partial charge on any atom is -0.497 e. The molecule has 1 amide bonds. The van der Waals surface area contributed by atoms with E-state index in [2.05, 4.69) is 12.2 Å². The van der Waals surface area contributed by atoms with E-state index >= 15 is 0 Å². The number of esters is 1. The Balaban J connectivity index is 2.63. The molecule has 1 rings (SSSR count). The van der Waals surface area contributed by atoms with Gasteiger partial charge in [0.25, 0.3) is 0 Å². The van der Waals surface area contributed by atoms with Gasteiger partial charge in [0, 0.05) is 6.42 Å². The second-order valence-electron chi connectivity index (χ2n) is 5.12. The number of unbranched alkanes of at least 4 members (excludes halogenated alkanes) is 4. The number of carbonyl (C=O) groups is 2. The molecule has 122 valence electrons. The maximum absolute atomic E-state index is 12.0. The van der Waals surface area contributed by atoms with Crippen LogP contribution in [0.15, 0.2) is 18.2 Å². The van der Waals surface area contributed by atoms with E-state index in [9.17, 15) is 9.59 Å². The zero-order valence-electron chi connectivity index (χ0n) is 13.6. The summed E-state index contributed by atoms with van der Waals surface area (Å²) in [4.78, 5) is 23.8. The van der Waals surface area contributed by atoms with Crippen LogP contribution in [-0.2, 0) is 9.53 Å². The molecule has 0 aliphatic rings. The van der Waals surface area contributed by atoms with E-state index in [-0.39, 0.29) is 5.91 Å². The van der Waals surface area contributed by atoms with Gasteiger partial charge >= 0.3 is 5.97 Å². The van der Waals surface area contributed by atoms with Gasteiger partial charge in [0.2, 0.25) is 5.91 Å². The quantitative estimate of drug-likeness (QED) is 0.557. The number of methoxy groups -OCH3 is 2. The molecule has 0 atom stereocenters. The van der Waals surface area contributed by atoms with E-state index < -0.39 is 5.97 Å². The number of amides is 1. The standard InChI is InChI=1S/C17H25NO4/c1-4-5-6-7-8-9-16(19)18-15-11-10-13(21-2)12-14(15)17(20)22-3/h10-12H,4-9H2,1-3H3,(H,18,19). The Hall–Kier alpha value is -2.04. The highest BCUT2D eigenvalue weighted by molar-refractivity contribution is 6.01. The van der Waals surface area contributed by atoms with Crippen molar-refractivity contribution in [1.29, 1.82) is 0 Å². The van der Waals surface area contributed by atoms with E-state index in [4.69, 9.17) is 9.47 Å². The summed E-state index contributed by atoms with van der Waals surface area (Å²) in [5, 5.41) is 2.77. The van der Waals surface area contributed by atoms with Crippen molar-refractivity contribution in [1.82, 2.24) is 0 Å². The van der Waals surface area contributed by atoms with Gasteiger partial charge in [0.1, 0.15) is 5.75 Å². The van der Waals surface area contributed by atoms with Crippen LogP contribution in [0.4, 0.5) is 5.69 Å². The molecule has 0 bridgehead atoms. The molecule has 22 heavy (non-hydrogen) atoms. The molecule has 0 saturated heterocycles. The summed E-state index contributed by atoms with van der Waals surface area (Å²) in [5.74, 6) is -0.0538. The average Bonchev–Trinajstić information content (AvgIpc) is 2.54. The first kappa shape index (κ1) is 18.0. The van der Waals surface area contributed by atoms with Crippen LogP contribution in [0.1, 0.15) is 55.8 Å². The van der Waals surface area contributed by atoms with Crippen LogP contribution >= 0.6 is 0 Å². The van der Waals surface area contributed by atoms with Gasteiger partial charge in [-0.25, -0.2) is 4.79 Å². The van der Waals surface area contributed by atoms with Crippen LogP contribution in [0.3, 0.4) is 0 Å². The Morgan fingerprint density at radius 2 is 1.82 bits per heavy atom. The summed E-state index contributed by atoms with van der Waals surface area (Å²) in [6.45, 7) is 2.16. The van der Waals surface area contributed by atoms with Crippen LogP contribution < -0.4 is 10.1 Å². The van der Waals surface area contributed by atoms with Crippen LogP contribution in [-0.4, -0.2) is 26.1 Å². The molecular weight excluding hydrogens is 282 g/mol. The minimum atomic E-state index is -0.503. The van der Waals surface area contributed by atoms with Gasteiger partial charge in [0.15, 0.2) is 0 Å². The van der Waals surface area contributed by atoms with Crippen LogP contribution in [0.25, 0.3) is 0 Å². The molecule has 0 unspecified atom stereocenters. The monoisotopic (exact) mass is 307 g/mol. The highest BCUT2D eigenvalue weighted by atomic mass is 16.5. The Morgan fingerprint density at radius 1 is 1.09 bits per heavy atom. The second kappa shape index (κ2) is 9.82. The number of rotatable bonds is 9. The van der Waals surface area contributed by atoms with Gasteiger partial charge in [-0.1, -0.05) is 32.6 Å². The average molecular weight is 307 g/mol. The summed E-state index contributed by atoms with van der Waals surface area (Å²) < 4.78 is 9.83. The molecule has 1 aromatic rings. The molecule has 5 nitrogen and oxygen atoms in total. The Bertz CT molecular complexity index is 499. The lowest BCUT2D eigenvalue weighted by Gasteiger charge is -2.11. The second-order valence-corrected chi connectivity index (χ2v) is 5.12. The molecule has 0 radical (unpaired) electrons. The molecule has 1 N–H and O–H groups in total. The van der Waals surface area contributed by atoms with Crippen LogP contribution in [0.5, 0.6) is 5.75 Å². The fourth-order valence-electron chi connectivity index (χ4n) is 2.14. The van der Waals surface area contributed by atoms with E-state index in [1.165, 1.54) is 27.1 Å². The summed E-state index contributed by atoms with van der Waals surface area (Å²) in [6, 6.07) is 4.91. The van der Waals surface area contributed by atoms with Gasteiger partial charge in [-0.15, -0.1) is 0 Å². The third-order valence-corrected chi connectivity index (χ3v) is 3.41. The largest absolute Gasteiger partial charge is 0.497 e. The Morgan fingerprint density at radius 3 is 2.45 bits per heavy atom. The SMILES string of the molecule is CCCCCCCC(=O)Nc1ccc(OC)cc1C(=O)OC. The summed E-state index contributed by atoms with van der Waals surface area (Å²) in [5.41, 5.74) is 0.743. The predicted molar refractivity (Wildman–Crippen MR) is 86.3 cm³/mol. The third kappa shape index (κ3) is 5.76. The molecule has 0 saturated carbocycles. The topological polar surface area (TPSA) is 64.6 Å². The number of hydrogen-bond acceptors (Lipinski definition) is 4. The lowest BCUT2D eigenvalue weighted by Crippen LogP contribution is -2.15. The first-order chi connectivity index (χ1) is 10.6. The maximum atomic E-state index is 12.0. The first-order valence-corrected chi connectivity index (χ1v) is 7.68. The van der Waals surface area contributed by atoms with Gasteiger partial charge < -0.3 is 14.8 Å². The van der Waals surface area contributed by atoms with Gasteiger partial charge in [0.05, 0.1) is 25.5 Å². The number of anilines is 1. The Labute approximate surface area is 132 Å². The van der Waals surface area contributed by atoms with Crippen molar-refractivity contribution in [2.24, 2.45) is 0 Å². The van der Waals surface area contributed by atoms with Crippen LogP contribution in [0, 0.1) is 0 Å². The highest BCUT2D eigenvalue weighted by Crippen LogP contribution is 2.23. The molecule has 1 aromatic carbocycles. The zero-order chi connectivity index (χ0) is 16.4. The van der Waals surface area contributed by atoms with Crippen molar-refractivity contribution in [3.63, 3.8) is 0 Å². The van der Waals surface area contributed by atoms with Crippen molar-refractivity contribution < 1.29 is 19.1 Å². The Kier molecular flexibility index (Phi) is 8.04. The third-order valence-electron chi connectivity index (χ3n) is 3.41. The summed E-state index contributed by atoms with van der Waals surface area (Å²) in [6.07, 6.45) is 5.90. The molecule has 0 heterocycles. The van der Waals surface area contributed by atoms with E-state index in [0.29, 0.717) is 23.4 Å². The number of carbonyl (C=O) groups excluding carboxylic acids is 2. The van der Waals surface area contributed by atoms with Crippen molar-refractivity contribution in [3.05, 3.63) is 23.8 Å². The number of hydrogen-bond donors (Lipinski definition) is 1.